The second-order valence-corrected chi connectivity index (χ2v) is 7.49. The van der Waals surface area contributed by atoms with Crippen LogP contribution in [-0.4, -0.2) is 28.7 Å². The largest absolute Gasteiger partial charge is 0.573 e. The number of fused-ring (bicyclic) bond motifs is 1. The van der Waals surface area contributed by atoms with E-state index in [0.29, 0.717) is 16.1 Å². The average molecular weight is 461 g/mol. The summed E-state index contributed by atoms with van der Waals surface area (Å²) in [4.78, 5) is 4.46. The fourth-order valence-electron chi connectivity index (χ4n) is 2.80. The van der Waals surface area contributed by atoms with E-state index in [1.807, 2.05) is 0 Å². The topological polar surface area (TPSA) is 96.5 Å². The highest BCUT2D eigenvalue weighted by Gasteiger charge is 2.32. The number of halogens is 3. The van der Waals surface area contributed by atoms with Crippen LogP contribution in [-0.2, 0) is 0 Å². The van der Waals surface area contributed by atoms with Crippen LogP contribution in [0.1, 0.15) is 0 Å². The van der Waals surface area contributed by atoms with Crippen molar-refractivity contribution in [2.24, 2.45) is 10.2 Å². The molecule has 0 atom stereocenters. The smallest absolute Gasteiger partial charge is 0.508 e. The quantitative estimate of drug-likeness (QED) is 0.323. The molecule has 164 valence electrons. The maximum Gasteiger partial charge on any atom is 0.573 e. The van der Waals surface area contributed by atoms with Crippen molar-refractivity contribution in [1.82, 2.24) is 4.98 Å². The van der Waals surface area contributed by atoms with Gasteiger partial charge in [-0.3, -0.25) is 0 Å². The van der Waals surface area contributed by atoms with Crippen molar-refractivity contribution in [2.75, 3.05) is 7.11 Å². The Morgan fingerprint density at radius 1 is 0.938 bits per heavy atom. The van der Waals surface area contributed by atoms with Crippen molar-refractivity contribution in [3.05, 3.63) is 54.6 Å². The van der Waals surface area contributed by atoms with Crippen LogP contribution >= 0.6 is 11.3 Å². The number of phenols is 2. The second kappa shape index (κ2) is 8.35. The number of methoxy groups -OCH3 is 1. The number of benzene rings is 3. The van der Waals surface area contributed by atoms with E-state index in [4.69, 9.17) is 4.74 Å². The van der Waals surface area contributed by atoms with E-state index in [0.717, 1.165) is 10.8 Å². The van der Waals surface area contributed by atoms with Crippen molar-refractivity contribution in [2.45, 2.75) is 6.36 Å². The number of hydrogen-bond acceptors (Lipinski definition) is 8. The minimum Gasteiger partial charge on any atom is -0.508 e. The fourth-order valence-corrected chi connectivity index (χ4v) is 3.79. The molecule has 3 aromatic carbocycles. The Morgan fingerprint density at radius 3 is 2.41 bits per heavy atom. The van der Waals surface area contributed by atoms with Gasteiger partial charge in [-0.1, -0.05) is 0 Å². The van der Waals surface area contributed by atoms with Crippen molar-refractivity contribution >= 4 is 32.9 Å². The molecule has 4 aromatic rings. The van der Waals surface area contributed by atoms with Crippen LogP contribution in [0, 0.1) is 0 Å². The number of hydrogen-bond donors (Lipinski definition) is 2. The van der Waals surface area contributed by atoms with Gasteiger partial charge in [0.25, 0.3) is 0 Å². The van der Waals surface area contributed by atoms with Crippen LogP contribution in [0.4, 0.5) is 24.5 Å². The first kappa shape index (κ1) is 21.4. The van der Waals surface area contributed by atoms with Crippen LogP contribution in [0.2, 0.25) is 0 Å². The summed E-state index contributed by atoms with van der Waals surface area (Å²) >= 11 is 1.33. The third kappa shape index (κ3) is 4.72. The van der Waals surface area contributed by atoms with E-state index in [1.54, 1.807) is 18.2 Å². The van der Waals surface area contributed by atoms with Gasteiger partial charge < -0.3 is 19.7 Å². The Bertz CT molecular complexity index is 1320. The highest BCUT2D eigenvalue weighted by molar-refractivity contribution is 7.21. The molecule has 0 unspecified atom stereocenters. The molecule has 7 nitrogen and oxygen atoms in total. The lowest BCUT2D eigenvalue weighted by molar-refractivity contribution is -0.274. The van der Waals surface area contributed by atoms with E-state index < -0.39 is 12.1 Å². The maximum absolute atomic E-state index is 12.7. The van der Waals surface area contributed by atoms with Gasteiger partial charge in [-0.15, -0.1) is 34.7 Å². The van der Waals surface area contributed by atoms with Gasteiger partial charge in [0.05, 0.1) is 17.3 Å². The molecule has 0 saturated heterocycles. The van der Waals surface area contributed by atoms with Crippen molar-refractivity contribution in [3.8, 4) is 33.6 Å². The van der Waals surface area contributed by atoms with Crippen molar-refractivity contribution < 1.29 is 32.9 Å². The summed E-state index contributed by atoms with van der Waals surface area (Å²) in [5.41, 5.74) is 1.15. The molecule has 4 rings (SSSR count). The summed E-state index contributed by atoms with van der Waals surface area (Å²) < 4.78 is 47.8. The molecule has 0 aliphatic heterocycles. The molecule has 1 heterocycles. The summed E-state index contributed by atoms with van der Waals surface area (Å²) in [5, 5.41) is 28.2. The first-order valence-electron chi connectivity index (χ1n) is 9.00. The van der Waals surface area contributed by atoms with E-state index >= 15 is 0 Å². The SMILES string of the molecule is COc1ccc(N=Nc2ccc(-c3nc4ccc(O)cc4s3)cc2O)c(OC(F)(F)F)c1. The number of nitrogens with zero attached hydrogens (tertiary/aromatic N) is 3. The number of rotatable bonds is 5. The third-order valence-corrected chi connectivity index (χ3v) is 5.32. The minimum atomic E-state index is -4.92. The monoisotopic (exact) mass is 461 g/mol. The van der Waals surface area contributed by atoms with Crippen LogP contribution in [0.5, 0.6) is 23.0 Å². The molecule has 0 aliphatic carbocycles. The molecular formula is C21H14F3N3O4S. The summed E-state index contributed by atoms with van der Waals surface area (Å²) in [6.07, 6.45) is -4.92. The van der Waals surface area contributed by atoms with Gasteiger partial charge in [0, 0.05) is 11.6 Å². The number of azo groups is 1. The Balaban J connectivity index is 1.62. The molecule has 0 radical (unpaired) electrons. The lowest BCUT2D eigenvalue weighted by Crippen LogP contribution is -2.17. The maximum atomic E-state index is 12.7. The van der Waals surface area contributed by atoms with Gasteiger partial charge in [-0.25, -0.2) is 4.98 Å². The number of ether oxygens (including phenoxy) is 2. The van der Waals surface area contributed by atoms with Crippen LogP contribution < -0.4 is 9.47 Å². The number of aromatic nitrogens is 1. The molecule has 1 aromatic heterocycles. The Morgan fingerprint density at radius 2 is 1.69 bits per heavy atom. The normalized spacial score (nSPS) is 11.9. The molecule has 2 N–H and O–H groups in total. The minimum absolute atomic E-state index is 0.0429. The molecule has 0 aliphatic rings. The zero-order valence-corrected chi connectivity index (χ0v) is 17.1. The number of phenolic OH excluding ortho intramolecular Hbond substituents is 2. The number of aromatic hydroxyl groups is 2. The molecule has 0 spiro atoms. The highest BCUT2D eigenvalue weighted by Crippen LogP contribution is 2.39. The summed E-state index contributed by atoms with van der Waals surface area (Å²) in [5.74, 6) is -0.548. The first-order chi connectivity index (χ1) is 15.2. The van der Waals surface area contributed by atoms with Crippen molar-refractivity contribution in [3.63, 3.8) is 0 Å². The lowest BCUT2D eigenvalue weighted by Gasteiger charge is -2.11. The van der Waals surface area contributed by atoms with Gasteiger partial charge >= 0.3 is 6.36 Å². The van der Waals surface area contributed by atoms with Gasteiger partial charge in [0.2, 0.25) is 0 Å². The zero-order chi connectivity index (χ0) is 22.9. The first-order valence-corrected chi connectivity index (χ1v) is 9.82. The Labute approximate surface area is 183 Å². The van der Waals surface area contributed by atoms with Crippen LogP contribution in [0.15, 0.2) is 64.8 Å². The molecule has 0 fully saturated rings. The van der Waals surface area contributed by atoms with E-state index in [-0.39, 0.29) is 28.6 Å². The third-order valence-electron chi connectivity index (χ3n) is 4.25. The van der Waals surface area contributed by atoms with Crippen LogP contribution in [0.25, 0.3) is 20.8 Å². The standard InChI is InChI=1S/C21H14F3N3O4S/c1-30-13-4-7-15(18(10-13)31-21(22,23)24)27-26-14-5-2-11(8-17(14)29)20-25-16-6-3-12(28)9-19(16)32-20/h2-10,28-29H,1H3. The highest BCUT2D eigenvalue weighted by atomic mass is 32.1. The second-order valence-electron chi connectivity index (χ2n) is 6.46. The molecule has 0 amide bonds. The Kier molecular flexibility index (Phi) is 5.57. The molecule has 11 heteroatoms. The molecule has 0 bridgehead atoms. The van der Waals surface area contributed by atoms with E-state index in [1.165, 1.54) is 48.8 Å². The van der Waals surface area contributed by atoms with Gasteiger partial charge in [-0.05, 0) is 48.5 Å². The molecular weight excluding hydrogens is 447 g/mol. The lowest BCUT2D eigenvalue weighted by atomic mass is 10.2. The molecule has 0 saturated carbocycles. The number of thiazole rings is 1. The van der Waals surface area contributed by atoms with E-state index in [9.17, 15) is 23.4 Å². The predicted octanol–water partition coefficient (Wildman–Crippen LogP) is 6.70. The van der Waals surface area contributed by atoms with E-state index in [2.05, 4.69) is 19.9 Å². The average Bonchev–Trinajstić information content (AvgIpc) is 3.15. The Hall–Kier alpha value is -3.86. The van der Waals surface area contributed by atoms with Gasteiger partial charge in [-0.2, -0.15) is 0 Å². The van der Waals surface area contributed by atoms with Gasteiger partial charge in [0.1, 0.15) is 33.6 Å². The number of alkyl halides is 3. The zero-order valence-electron chi connectivity index (χ0n) is 16.3. The van der Waals surface area contributed by atoms with Crippen LogP contribution in [0.3, 0.4) is 0 Å². The van der Waals surface area contributed by atoms with Crippen molar-refractivity contribution in [1.29, 1.82) is 0 Å². The predicted molar refractivity (Wildman–Crippen MR) is 112 cm³/mol. The van der Waals surface area contributed by atoms with Gasteiger partial charge in [0.15, 0.2) is 5.75 Å². The summed E-state index contributed by atoms with van der Waals surface area (Å²) in [6.45, 7) is 0. The summed E-state index contributed by atoms with van der Waals surface area (Å²) in [7, 11) is 1.31. The molecule has 32 heavy (non-hydrogen) atoms. The fraction of sp³-hybridized carbons (Fsp3) is 0.0952. The summed E-state index contributed by atoms with van der Waals surface area (Å²) in [6, 6.07) is 13.0.